The average molecular weight is 482 g/mol. The van der Waals surface area contributed by atoms with E-state index in [1.54, 1.807) is 56.7 Å². The van der Waals surface area contributed by atoms with Crippen LogP contribution in [-0.2, 0) is 13.4 Å². The summed E-state index contributed by atoms with van der Waals surface area (Å²) in [4.78, 5) is 0. The number of nitrogens with zero attached hydrogens (tertiary/aromatic N) is 2. The molecule has 0 aliphatic heterocycles. The Balaban J connectivity index is 1.87. The summed E-state index contributed by atoms with van der Waals surface area (Å²) in [6.07, 6.45) is -0.367. The fourth-order valence-corrected chi connectivity index (χ4v) is 4.78. The zero-order valence-corrected chi connectivity index (χ0v) is 21.1. The maximum Gasteiger partial charge on any atom is 0.216 e. The van der Waals surface area contributed by atoms with E-state index in [4.69, 9.17) is 15.4 Å². The molecule has 0 amide bonds. The van der Waals surface area contributed by atoms with Crippen LogP contribution in [0.4, 0.5) is 0 Å². The second kappa shape index (κ2) is 8.64. The molecule has 3 heteroatoms. The Morgan fingerprint density at radius 2 is 1.72 bits per heavy atom. The van der Waals surface area contributed by atoms with Crippen molar-refractivity contribution in [2.75, 3.05) is 0 Å². The molecule has 0 saturated carbocycles. The van der Waals surface area contributed by atoms with Gasteiger partial charge in [0, 0.05) is 33.4 Å². The first-order chi connectivity index (χ1) is 20.3. The molecule has 2 heterocycles. The van der Waals surface area contributed by atoms with Crippen molar-refractivity contribution in [3.8, 4) is 28.5 Å². The van der Waals surface area contributed by atoms with Crippen LogP contribution in [0.5, 0.6) is 0 Å². The van der Waals surface area contributed by atoms with Gasteiger partial charge in [0.15, 0.2) is 11.8 Å². The van der Waals surface area contributed by atoms with Crippen molar-refractivity contribution in [2.24, 2.45) is 12.5 Å². The van der Waals surface area contributed by atoms with Crippen molar-refractivity contribution >= 4 is 21.9 Å². The maximum absolute atomic E-state index is 9.68. The van der Waals surface area contributed by atoms with Crippen LogP contribution in [0.2, 0.25) is 0 Å². The summed E-state index contributed by atoms with van der Waals surface area (Å²) in [5, 5.41) is 11.2. The Morgan fingerprint density at radius 3 is 2.44 bits per heavy atom. The molecule has 3 nitrogen and oxygen atoms in total. The Kier molecular flexibility index (Phi) is 3.83. The molecule has 0 radical (unpaired) electrons. The zero-order chi connectivity index (χ0) is 32.6. The summed E-state index contributed by atoms with van der Waals surface area (Å²) in [5.41, 5.74) is 3.06. The van der Waals surface area contributed by atoms with Crippen LogP contribution in [-0.4, -0.2) is 0 Å². The van der Waals surface area contributed by atoms with Crippen LogP contribution in [0.25, 0.3) is 44.3 Å². The summed E-state index contributed by atoms with van der Waals surface area (Å²) in [7, 11) is 1.72. The lowest BCUT2D eigenvalue weighted by Gasteiger charge is -2.19. The smallest absolute Gasteiger partial charge is 0.216 e. The van der Waals surface area contributed by atoms with Crippen LogP contribution in [0.1, 0.15) is 59.6 Å². The van der Waals surface area contributed by atoms with E-state index in [0.717, 1.165) is 16.3 Å². The van der Waals surface area contributed by atoms with Gasteiger partial charge in [-0.15, -0.1) is 0 Å². The molecule has 5 rings (SSSR count). The SMILES string of the molecule is [2H]C([2H])([2H])c1cc(C([2H])([2H])C(C)(C)C)ccc1-c1cc(-c2c(C)ccc3c2oc2c(C#N)cccc23)[n+](C)cc1C([2H])([2H])[2H]. The summed E-state index contributed by atoms with van der Waals surface area (Å²) in [5.74, 6) is 0. The maximum atomic E-state index is 9.68. The van der Waals surface area contributed by atoms with E-state index in [1.165, 1.54) is 18.3 Å². The number of para-hydroxylation sites is 1. The lowest BCUT2D eigenvalue weighted by molar-refractivity contribution is -0.660. The van der Waals surface area contributed by atoms with Crippen LogP contribution in [0, 0.1) is 37.4 Å². The number of nitriles is 1. The lowest BCUT2D eigenvalue weighted by atomic mass is 9.86. The fraction of sp³-hybridized carbons (Fsp3) is 0.273. The largest absolute Gasteiger partial charge is 0.454 e. The molecular formula is C33H33N2O+. The molecule has 5 aromatic rings. The predicted molar refractivity (Wildman–Crippen MR) is 148 cm³/mol. The lowest BCUT2D eigenvalue weighted by Crippen LogP contribution is -2.31. The van der Waals surface area contributed by atoms with Gasteiger partial charge in [-0.3, -0.25) is 0 Å². The summed E-state index contributed by atoms with van der Waals surface area (Å²) >= 11 is 0. The molecule has 0 fully saturated rings. The first-order valence-electron chi connectivity index (χ1n) is 15.8. The first-order valence-corrected chi connectivity index (χ1v) is 11.8. The number of hydrogen-bond acceptors (Lipinski definition) is 2. The third kappa shape index (κ3) is 4.07. The zero-order valence-electron chi connectivity index (χ0n) is 29.1. The number of aryl methyl sites for hydroxylation is 4. The molecule has 0 unspecified atom stereocenters. The molecule has 0 bridgehead atoms. The van der Waals surface area contributed by atoms with Crippen LogP contribution >= 0.6 is 0 Å². The Hall–Kier alpha value is -3.90. The van der Waals surface area contributed by atoms with Gasteiger partial charge in [-0.1, -0.05) is 63.2 Å². The van der Waals surface area contributed by atoms with Gasteiger partial charge in [-0.2, -0.15) is 5.26 Å². The van der Waals surface area contributed by atoms with Gasteiger partial charge in [0.25, 0.3) is 0 Å². The van der Waals surface area contributed by atoms with Gasteiger partial charge < -0.3 is 4.42 Å². The molecule has 3 aromatic carbocycles. The molecule has 36 heavy (non-hydrogen) atoms. The molecule has 0 aliphatic carbocycles. The highest BCUT2D eigenvalue weighted by atomic mass is 16.3. The van der Waals surface area contributed by atoms with Gasteiger partial charge in [-0.25, -0.2) is 4.57 Å². The Bertz CT molecular complexity index is 1990. The van der Waals surface area contributed by atoms with Crippen molar-refractivity contribution in [3.05, 3.63) is 88.6 Å². The van der Waals surface area contributed by atoms with E-state index < -0.39 is 25.5 Å². The predicted octanol–water partition coefficient (Wildman–Crippen LogP) is 8.13. The fourth-order valence-electron chi connectivity index (χ4n) is 4.78. The third-order valence-corrected chi connectivity index (χ3v) is 6.35. The number of hydrogen-bond donors (Lipinski definition) is 0. The minimum Gasteiger partial charge on any atom is -0.454 e. The van der Waals surface area contributed by atoms with E-state index in [1.807, 2.05) is 25.1 Å². The Labute approximate surface area is 224 Å². The van der Waals surface area contributed by atoms with E-state index in [-0.39, 0.29) is 27.8 Å². The molecule has 180 valence electrons. The highest BCUT2D eigenvalue weighted by molar-refractivity contribution is 6.11. The number of furan rings is 1. The first kappa shape index (κ1) is 16.0. The second-order valence-corrected chi connectivity index (χ2v) is 10.3. The van der Waals surface area contributed by atoms with Gasteiger partial charge >= 0.3 is 0 Å². The molecule has 0 aliphatic rings. The minimum atomic E-state index is -2.66. The van der Waals surface area contributed by atoms with Crippen molar-refractivity contribution < 1.29 is 20.0 Å². The van der Waals surface area contributed by atoms with E-state index in [0.29, 0.717) is 28.0 Å². The number of rotatable bonds is 3. The summed E-state index contributed by atoms with van der Waals surface area (Å²) in [6, 6.07) is 17.5. The standard InChI is InChI=1S/C33H33N2O/c1-20-11-13-27-26-10-8-9-24(18-34)31(26)36-32(27)30(20)29-16-28(22(3)19-35(29)7)25-14-12-23(15-21(25)2)17-33(4,5)6/h8-16,19H,17H2,1-7H3/q+1/i2D3,3D3,17D2. The van der Waals surface area contributed by atoms with Gasteiger partial charge in [0.05, 0.1) is 11.1 Å². The van der Waals surface area contributed by atoms with Crippen LogP contribution in [0.15, 0.2) is 65.2 Å². The molecule has 2 aromatic heterocycles. The molecule has 0 N–H and O–H groups in total. The number of fused-ring (bicyclic) bond motifs is 3. The molecule has 0 spiro atoms. The third-order valence-electron chi connectivity index (χ3n) is 6.35. The van der Waals surface area contributed by atoms with Crippen molar-refractivity contribution in [2.45, 2.75) is 47.8 Å². The van der Waals surface area contributed by atoms with Gasteiger partial charge in [-0.05, 0) is 66.3 Å². The number of pyridine rings is 1. The van der Waals surface area contributed by atoms with E-state index in [2.05, 4.69) is 6.07 Å². The number of aromatic nitrogens is 1. The quantitative estimate of drug-likeness (QED) is 0.244. The van der Waals surface area contributed by atoms with Crippen molar-refractivity contribution in [1.29, 1.82) is 5.26 Å². The van der Waals surface area contributed by atoms with Crippen molar-refractivity contribution in [3.63, 3.8) is 0 Å². The monoisotopic (exact) mass is 481 g/mol. The topological polar surface area (TPSA) is 40.8 Å². The minimum absolute atomic E-state index is 0.0398. The highest BCUT2D eigenvalue weighted by Gasteiger charge is 2.24. The highest BCUT2D eigenvalue weighted by Crippen LogP contribution is 2.39. The molecule has 0 saturated heterocycles. The Morgan fingerprint density at radius 1 is 0.944 bits per heavy atom. The average Bonchev–Trinajstić information content (AvgIpc) is 3.30. The number of benzene rings is 3. The van der Waals surface area contributed by atoms with Gasteiger partial charge in [0.2, 0.25) is 5.69 Å². The summed E-state index contributed by atoms with van der Waals surface area (Å²) < 4.78 is 75.7. The second-order valence-electron chi connectivity index (χ2n) is 10.3. The van der Waals surface area contributed by atoms with E-state index in [9.17, 15) is 5.26 Å². The van der Waals surface area contributed by atoms with Crippen molar-refractivity contribution in [1.82, 2.24) is 0 Å². The van der Waals surface area contributed by atoms with Crippen LogP contribution in [0.3, 0.4) is 0 Å². The molecule has 0 atom stereocenters. The summed E-state index contributed by atoms with van der Waals surface area (Å²) in [6.45, 7) is 1.89. The van der Waals surface area contributed by atoms with Gasteiger partial charge in [0.1, 0.15) is 18.7 Å². The molecular weight excluding hydrogens is 440 g/mol. The van der Waals surface area contributed by atoms with E-state index >= 15 is 0 Å². The normalized spacial score (nSPS) is 16.2. The van der Waals surface area contributed by atoms with Crippen LogP contribution < -0.4 is 4.57 Å².